The van der Waals surface area contributed by atoms with Gasteiger partial charge in [-0.15, -0.1) is 6.58 Å². The second-order valence-corrected chi connectivity index (χ2v) is 4.73. The Balaban J connectivity index is 2.37. The van der Waals surface area contributed by atoms with Gasteiger partial charge in [0, 0.05) is 25.6 Å². The number of carboxylic acid groups (broad SMARTS) is 1. The molecule has 18 heavy (non-hydrogen) atoms. The third kappa shape index (κ3) is 4.77. The first kappa shape index (κ1) is 14.5. The van der Waals surface area contributed by atoms with Gasteiger partial charge in [-0.05, 0) is 18.8 Å². The Bertz CT molecular complexity index is 313. The standard InChI is InChI=1S/C13H22N2O3/c1-3-7-15(11-5-6-11)13(18)14-9-10(4-2)8-12(16)17/h3,10-11H,1,4-9H2,2H3,(H,14,18)(H,16,17). The molecule has 1 fully saturated rings. The molecule has 0 spiro atoms. The summed E-state index contributed by atoms with van der Waals surface area (Å²) in [5, 5.41) is 11.6. The van der Waals surface area contributed by atoms with Crippen LogP contribution in [0.15, 0.2) is 12.7 Å². The molecule has 0 radical (unpaired) electrons. The lowest BCUT2D eigenvalue weighted by molar-refractivity contribution is -0.138. The minimum Gasteiger partial charge on any atom is -0.481 e. The first-order valence-electron chi connectivity index (χ1n) is 6.45. The fraction of sp³-hybridized carbons (Fsp3) is 0.692. The largest absolute Gasteiger partial charge is 0.481 e. The third-order valence-electron chi connectivity index (χ3n) is 3.16. The van der Waals surface area contributed by atoms with Crippen molar-refractivity contribution in [3.63, 3.8) is 0 Å². The van der Waals surface area contributed by atoms with Gasteiger partial charge in [0.05, 0.1) is 0 Å². The molecule has 1 rings (SSSR count). The molecule has 1 saturated carbocycles. The number of amides is 2. The number of hydrogen-bond donors (Lipinski definition) is 2. The molecule has 2 N–H and O–H groups in total. The van der Waals surface area contributed by atoms with Crippen LogP contribution in [0.25, 0.3) is 0 Å². The molecule has 0 aromatic carbocycles. The van der Waals surface area contributed by atoms with E-state index in [1.807, 2.05) is 6.92 Å². The average molecular weight is 254 g/mol. The van der Waals surface area contributed by atoms with E-state index in [0.717, 1.165) is 19.3 Å². The van der Waals surface area contributed by atoms with Crippen molar-refractivity contribution in [3.8, 4) is 0 Å². The highest BCUT2D eigenvalue weighted by Crippen LogP contribution is 2.26. The molecule has 0 saturated heterocycles. The summed E-state index contributed by atoms with van der Waals surface area (Å²) in [4.78, 5) is 24.3. The minimum absolute atomic E-state index is 0.00349. The average Bonchev–Trinajstić information content (AvgIpc) is 3.14. The maximum Gasteiger partial charge on any atom is 0.317 e. The molecule has 5 nitrogen and oxygen atoms in total. The number of carbonyl (C=O) groups excluding carboxylic acids is 1. The Morgan fingerprint density at radius 1 is 1.56 bits per heavy atom. The Kier molecular flexibility index (Phi) is 5.68. The summed E-state index contributed by atoms with van der Waals surface area (Å²) in [6, 6.07) is 0.226. The molecule has 0 aromatic heterocycles. The maximum absolute atomic E-state index is 11.9. The van der Waals surface area contributed by atoms with Crippen LogP contribution in [0.1, 0.15) is 32.6 Å². The molecule has 0 aromatic rings. The number of rotatable bonds is 8. The highest BCUT2D eigenvalue weighted by atomic mass is 16.4. The number of hydrogen-bond acceptors (Lipinski definition) is 2. The van der Waals surface area contributed by atoms with Crippen LogP contribution in [0.4, 0.5) is 4.79 Å². The lowest BCUT2D eigenvalue weighted by Crippen LogP contribution is -2.43. The van der Waals surface area contributed by atoms with Crippen molar-refractivity contribution in [2.24, 2.45) is 5.92 Å². The van der Waals surface area contributed by atoms with Crippen molar-refractivity contribution in [2.75, 3.05) is 13.1 Å². The minimum atomic E-state index is -0.818. The van der Waals surface area contributed by atoms with Gasteiger partial charge in [-0.2, -0.15) is 0 Å². The summed E-state index contributed by atoms with van der Waals surface area (Å²) in [6.45, 7) is 6.54. The molecular weight excluding hydrogens is 232 g/mol. The molecule has 0 aliphatic heterocycles. The van der Waals surface area contributed by atoms with Crippen LogP contribution in [-0.2, 0) is 4.79 Å². The van der Waals surface area contributed by atoms with E-state index < -0.39 is 5.97 Å². The van der Waals surface area contributed by atoms with E-state index in [2.05, 4.69) is 11.9 Å². The second kappa shape index (κ2) is 7.03. The van der Waals surface area contributed by atoms with Gasteiger partial charge in [-0.3, -0.25) is 4.79 Å². The van der Waals surface area contributed by atoms with Crippen LogP contribution in [0, 0.1) is 5.92 Å². The monoisotopic (exact) mass is 254 g/mol. The van der Waals surface area contributed by atoms with Gasteiger partial charge in [0.25, 0.3) is 0 Å². The molecule has 5 heteroatoms. The van der Waals surface area contributed by atoms with Gasteiger partial charge in [-0.25, -0.2) is 4.79 Å². The molecule has 1 unspecified atom stereocenters. The van der Waals surface area contributed by atoms with Crippen LogP contribution in [0.3, 0.4) is 0 Å². The third-order valence-corrected chi connectivity index (χ3v) is 3.16. The summed E-state index contributed by atoms with van der Waals surface area (Å²) in [5.41, 5.74) is 0. The van der Waals surface area contributed by atoms with Gasteiger partial charge >= 0.3 is 12.0 Å². The predicted octanol–water partition coefficient (Wildman–Crippen LogP) is 1.85. The lowest BCUT2D eigenvalue weighted by Gasteiger charge is -2.22. The number of nitrogens with one attached hydrogen (secondary N) is 1. The molecule has 1 atom stereocenters. The summed E-state index contributed by atoms with van der Waals surface area (Å²) in [6.07, 6.45) is 4.66. The van der Waals surface area contributed by atoms with Crippen LogP contribution < -0.4 is 5.32 Å². The van der Waals surface area contributed by atoms with Crippen molar-refractivity contribution in [1.82, 2.24) is 10.2 Å². The zero-order valence-electron chi connectivity index (χ0n) is 10.9. The summed E-state index contributed by atoms with van der Waals surface area (Å²) < 4.78 is 0. The molecular formula is C13H22N2O3. The Morgan fingerprint density at radius 3 is 2.67 bits per heavy atom. The zero-order chi connectivity index (χ0) is 13.5. The normalized spacial score (nSPS) is 15.8. The molecule has 1 aliphatic carbocycles. The number of urea groups is 1. The molecule has 0 bridgehead atoms. The van der Waals surface area contributed by atoms with Crippen molar-refractivity contribution in [1.29, 1.82) is 0 Å². The molecule has 2 amide bonds. The predicted molar refractivity (Wildman–Crippen MR) is 69.4 cm³/mol. The number of carbonyl (C=O) groups is 2. The molecule has 1 aliphatic rings. The van der Waals surface area contributed by atoms with E-state index >= 15 is 0 Å². The first-order valence-corrected chi connectivity index (χ1v) is 6.45. The topological polar surface area (TPSA) is 69.6 Å². The van der Waals surface area contributed by atoms with E-state index in [1.54, 1.807) is 11.0 Å². The lowest BCUT2D eigenvalue weighted by atomic mass is 10.0. The number of carboxylic acids is 1. The number of aliphatic carboxylic acids is 1. The van der Waals surface area contributed by atoms with Crippen molar-refractivity contribution >= 4 is 12.0 Å². The Labute approximate surface area is 108 Å². The SMILES string of the molecule is C=CCN(C(=O)NCC(CC)CC(=O)O)C1CC1. The van der Waals surface area contributed by atoms with Gasteiger partial charge in [0.15, 0.2) is 0 Å². The Hall–Kier alpha value is -1.52. The molecule has 102 valence electrons. The fourth-order valence-electron chi connectivity index (χ4n) is 1.86. The molecule has 0 heterocycles. The van der Waals surface area contributed by atoms with E-state index in [4.69, 9.17) is 5.11 Å². The van der Waals surface area contributed by atoms with E-state index in [1.165, 1.54) is 0 Å². The van der Waals surface area contributed by atoms with E-state index in [-0.39, 0.29) is 18.4 Å². The number of nitrogens with zero attached hydrogens (tertiary/aromatic N) is 1. The zero-order valence-corrected chi connectivity index (χ0v) is 10.9. The highest BCUT2D eigenvalue weighted by Gasteiger charge is 2.31. The second-order valence-electron chi connectivity index (χ2n) is 4.73. The Morgan fingerprint density at radius 2 is 2.22 bits per heavy atom. The highest BCUT2D eigenvalue weighted by molar-refractivity contribution is 5.75. The quantitative estimate of drug-likeness (QED) is 0.649. The van der Waals surface area contributed by atoms with Crippen molar-refractivity contribution in [3.05, 3.63) is 12.7 Å². The van der Waals surface area contributed by atoms with Gasteiger partial charge in [-0.1, -0.05) is 19.4 Å². The van der Waals surface area contributed by atoms with E-state index in [0.29, 0.717) is 19.1 Å². The summed E-state index contributed by atoms with van der Waals surface area (Å²) in [7, 11) is 0. The van der Waals surface area contributed by atoms with Crippen molar-refractivity contribution < 1.29 is 14.7 Å². The summed E-state index contributed by atoms with van der Waals surface area (Å²) >= 11 is 0. The smallest absolute Gasteiger partial charge is 0.317 e. The van der Waals surface area contributed by atoms with Gasteiger partial charge in [0.1, 0.15) is 0 Å². The van der Waals surface area contributed by atoms with Gasteiger partial charge in [0.2, 0.25) is 0 Å². The van der Waals surface area contributed by atoms with Crippen LogP contribution in [0.5, 0.6) is 0 Å². The van der Waals surface area contributed by atoms with Gasteiger partial charge < -0.3 is 15.3 Å². The van der Waals surface area contributed by atoms with Crippen LogP contribution in [-0.4, -0.2) is 41.1 Å². The summed E-state index contributed by atoms with van der Waals surface area (Å²) in [5.74, 6) is -0.822. The fourth-order valence-corrected chi connectivity index (χ4v) is 1.86. The van der Waals surface area contributed by atoms with E-state index in [9.17, 15) is 9.59 Å². The van der Waals surface area contributed by atoms with Crippen LogP contribution >= 0.6 is 0 Å². The first-order chi connectivity index (χ1) is 8.58. The van der Waals surface area contributed by atoms with Crippen molar-refractivity contribution in [2.45, 2.75) is 38.6 Å². The maximum atomic E-state index is 11.9. The van der Waals surface area contributed by atoms with Crippen LogP contribution in [0.2, 0.25) is 0 Å².